The van der Waals surface area contributed by atoms with Crippen LogP contribution in [0.15, 0.2) is 54.6 Å². The molecule has 3 heteroatoms. The molecule has 0 atom stereocenters. The molecule has 2 rings (SSSR count). The van der Waals surface area contributed by atoms with Crippen LogP contribution in [0.3, 0.4) is 0 Å². The monoisotopic (exact) mass is 260 g/mol. The minimum absolute atomic E-state index is 0.634. The molecular weight excluding hydrogens is 244 g/mol. The second-order valence-electron chi connectivity index (χ2n) is 4.17. The predicted octanol–water partition coefficient (Wildman–Crippen LogP) is 3.31. The Labute approximate surface area is 113 Å². The molecule has 0 fully saturated rings. The number of hydrogen-bond donors (Lipinski definition) is 1. The number of hydrogen-bond acceptors (Lipinski definition) is 2. The Morgan fingerprint density at radius 2 is 1.61 bits per heavy atom. The number of rotatable bonds is 5. The standard InChI is InChI=1S/C15H17ClN2/c16-14-6-8-15(9-7-14)18(11-10-17)12-13-4-2-1-3-5-13/h1-9H,10-12,17H2. The van der Waals surface area contributed by atoms with Gasteiger partial charge in [0.1, 0.15) is 0 Å². The number of halogens is 1. The summed E-state index contributed by atoms with van der Waals surface area (Å²) >= 11 is 5.91. The zero-order valence-electron chi connectivity index (χ0n) is 10.2. The van der Waals surface area contributed by atoms with Crippen molar-refractivity contribution in [2.24, 2.45) is 5.73 Å². The fourth-order valence-corrected chi connectivity index (χ4v) is 2.04. The zero-order valence-corrected chi connectivity index (χ0v) is 11.0. The van der Waals surface area contributed by atoms with Crippen molar-refractivity contribution in [3.05, 3.63) is 65.2 Å². The molecule has 0 saturated heterocycles. The maximum atomic E-state index is 5.91. The highest BCUT2D eigenvalue weighted by atomic mass is 35.5. The summed E-state index contributed by atoms with van der Waals surface area (Å²) in [7, 11) is 0. The van der Waals surface area contributed by atoms with Gasteiger partial charge < -0.3 is 10.6 Å². The molecule has 0 amide bonds. The van der Waals surface area contributed by atoms with E-state index in [-0.39, 0.29) is 0 Å². The highest BCUT2D eigenvalue weighted by Crippen LogP contribution is 2.19. The van der Waals surface area contributed by atoms with Gasteiger partial charge in [0.15, 0.2) is 0 Å². The van der Waals surface area contributed by atoms with Crippen molar-refractivity contribution in [3.8, 4) is 0 Å². The van der Waals surface area contributed by atoms with Crippen LogP contribution < -0.4 is 10.6 Å². The molecule has 2 nitrogen and oxygen atoms in total. The lowest BCUT2D eigenvalue weighted by atomic mass is 10.2. The van der Waals surface area contributed by atoms with Gasteiger partial charge in [0.25, 0.3) is 0 Å². The second-order valence-corrected chi connectivity index (χ2v) is 4.61. The van der Waals surface area contributed by atoms with Crippen molar-refractivity contribution in [1.82, 2.24) is 0 Å². The molecule has 2 aromatic rings. The molecule has 0 heterocycles. The first kappa shape index (κ1) is 12.9. The molecule has 2 N–H and O–H groups in total. The molecule has 18 heavy (non-hydrogen) atoms. The van der Waals surface area contributed by atoms with Crippen LogP contribution >= 0.6 is 11.6 Å². The summed E-state index contributed by atoms with van der Waals surface area (Å²) in [5, 5.41) is 0.756. The van der Waals surface area contributed by atoms with Gasteiger partial charge in [-0.25, -0.2) is 0 Å². The molecule has 0 radical (unpaired) electrons. The lowest BCUT2D eigenvalue weighted by molar-refractivity contribution is 0.790. The summed E-state index contributed by atoms with van der Waals surface area (Å²) in [5.41, 5.74) is 8.11. The van der Waals surface area contributed by atoms with Gasteiger partial charge in [-0.2, -0.15) is 0 Å². The summed E-state index contributed by atoms with van der Waals surface area (Å²) in [5.74, 6) is 0. The van der Waals surface area contributed by atoms with Crippen LogP contribution in [0.2, 0.25) is 5.02 Å². The van der Waals surface area contributed by atoms with E-state index in [1.54, 1.807) is 0 Å². The Kier molecular flexibility index (Phi) is 4.62. The van der Waals surface area contributed by atoms with Gasteiger partial charge >= 0.3 is 0 Å². The van der Waals surface area contributed by atoms with E-state index in [0.717, 1.165) is 23.8 Å². The maximum Gasteiger partial charge on any atom is 0.0430 e. The van der Waals surface area contributed by atoms with Gasteiger partial charge in [-0.15, -0.1) is 0 Å². The summed E-state index contributed by atoms with van der Waals surface area (Å²) in [4.78, 5) is 2.26. The Morgan fingerprint density at radius 1 is 0.944 bits per heavy atom. The Balaban J connectivity index is 2.15. The third-order valence-electron chi connectivity index (χ3n) is 2.81. The average Bonchev–Trinajstić information content (AvgIpc) is 2.40. The van der Waals surface area contributed by atoms with Gasteiger partial charge in [0.05, 0.1) is 0 Å². The van der Waals surface area contributed by atoms with Crippen LogP contribution in [-0.2, 0) is 6.54 Å². The van der Waals surface area contributed by atoms with Crippen molar-refractivity contribution in [2.75, 3.05) is 18.0 Å². The normalized spacial score (nSPS) is 10.3. The molecule has 94 valence electrons. The van der Waals surface area contributed by atoms with E-state index < -0.39 is 0 Å². The van der Waals surface area contributed by atoms with Crippen molar-refractivity contribution in [1.29, 1.82) is 0 Å². The van der Waals surface area contributed by atoms with Gasteiger partial charge in [0, 0.05) is 30.3 Å². The van der Waals surface area contributed by atoms with Crippen LogP contribution in [0.25, 0.3) is 0 Å². The molecule has 2 aromatic carbocycles. The van der Waals surface area contributed by atoms with Crippen LogP contribution in [-0.4, -0.2) is 13.1 Å². The number of anilines is 1. The first-order valence-electron chi connectivity index (χ1n) is 6.04. The highest BCUT2D eigenvalue weighted by Gasteiger charge is 2.06. The molecule has 0 aliphatic heterocycles. The van der Waals surface area contributed by atoms with Gasteiger partial charge in [0.2, 0.25) is 0 Å². The number of benzene rings is 2. The van der Waals surface area contributed by atoms with Crippen molar-refractivity contribution >= 4 is 17.3 Å². The number of nitrogens with two attached hydrogens (primary N) is 1. The minimum Gasteiger partial charge on any atom is -0.366 e. The maximum absolute atomic E-state index is 5.91. The second kappa shape index (κ2) is 6.43. The van der Waals surface area contributed by atoms with Crippen LogP contribution in [0.4, 0.5) is 5.69 Å². The fraction of sp³-hybridized carbons (Fsp3) is 0.200. The van der Waals surface area contributed by atoms with Gasteiger partial charge in [-0.05, 0) is 29.8 Å². The molecule has 0 aliphatic rings. The lowest BCUT2D eigenvalue weighted by Crippen LogP contribution is -2.28. The summed E-state index contributed by atoms with van der Waals surface area (Å²) in [6, 6.07) is 18.3. The van der Waals surface area contributed by atoms with E-state index >= 15 is 0 Å². The Morgan fingerprint density at radius 3 is 2.22 bits per heavy atom. The molecule has 0 aromatic heterocycles. The molecule has 0 bridgehead atoms. The lowest BCUT2D eigenvalue weighted by Gasteiger charge is -2.24. The smallest absolute Gasteiger partial charge is 0.0430 e. The van der Waals surface area contributed by atoms with E-state index in [2.05, 4.69) is 29.2 Å². The third-order valence-corrected chi connectivity index (χ3v) is 3.06. The van der Waals surface area contributed by atoms with Crippen LogP contribution in [0.5, 0.6) is 0 Å². The van der Waals surface area contributed by atoms with Crippen molar-refractivity contribution < 1.29 is 0 Å². The van der Waals surface area contributed by atoms with E-state index in [9.17, 15) is 0 Å². The quantitative estimate of drug-likeness (QED) is 0.894. The zero-order chi connectivity index (χ0) is 12.8. The summed E-state index contributed by atoms with van der Waals surface area (Å²) < 4.78 is 0. The molecule has 0 unspecified atom stereocenters. The molecule has 0 spiro atoms. The predicted molar refractivity (Wildman–Crippen MR) is 78.0 cm³/mol. The molecule has 0 saturated carbocycles. The number of nitrogens with zero attached hydrogens (tertiary/aromatic N) is 1. The Bertz CT molecular complexity index is 468. The molecular formula is C15H17ClN2. The third kappa shape index (κ3) is 3.49. The SMILES string of the molecule is NCCN(Cc1ccccc1)c1ccc(Cl)cc1. The summed E-state index contributed by atoms with van der Waals surface area (Å²) in [6.07, 6.45) is 0. The molecule has 0 aliphatic carbocycles. The topological polar surface area (TPSA) is 29.3 Å². The van der Waals surface area contributed by atoms with Crippen LogP contribution in [0.1, 0.15) is 5.56 Å². The first-order valence-corrected chi connectivity index (χ1v) is 6.42. The van der Waals surface area contributed by atoms with E-state index in [4.69, 9.17) is 17.3 Å². The highest BCUT2D eigenvalue weighted by molar-refractivity contribution is 6.30. The van der Waals surface area contributed by atoms with E-state index in [1.807, 2.05) is 30.3 Å². The Hall–Kier alpha value is -1.51. The van der Waals surface area contributed by atoms with Gasteiger partial charge in [-0.1, -0.05) is 41.9 Å². The largest absolute Gasteiger partial charge is 0.366 e. The average molecular weight is 261 g/mol. The fourth-order valence-electron chi connectivity index (χ4n) is 1.91. The van der Waals surface area contributed by atoms with E-state index in [1.165, 1.54) is 5.56 Å². The van der Waals surface area contributed by atoms with E-state index in [0.29, 0.717) is 6.54 Å². The van der Waals surface area contributed by atoms with Crippen molar-refractivity contribution in [2.45, 2.75) is 6.54 Å². The first-order chi connectivity index (χ1) is 8.79. The summed E-state index contributed by atoms with van der Waals surface area (Å²) in [6.45, 7) is 2.33. The van der Waals surface area contributed by atoms with Crippen LogP contribution in [0, 0.1) is 0 Å². The minimum atomic E-state index is 0.634. The van der Waals surface area contributed by atoms with Crippen molar-refractivity contribution in [3.63, 3.8) is 0 Å². The van der Waals surface area contributed by atoms with Gasteiger partial charge in [-0.3, -0.25) is 0 Å².